The maximum atomic E-state index is 11.1. The van der Waals surface area contributed by atoms with E-state index in [-0.39, 0.29) is 0 Å². The van der Waals surface area contributed by atoms with Gasteiger partial charge < -0.3 is 9.67 Å². The minimum atomic E-state index is -0.897. The molecule has 2 rings (SSSR count). The zero-order valence-electron chi connectivity index (χ0n) is 11.1. The molecule has 0 aliphatic carbocycles. The van der Waals surface area contributed by atoms with Gasteiger partial charge in [0.05, 0.1) is 0 Å². The first kappa shape index (κ1) is 12.4. The summed E-state index contributed by atoms with van der Waals surface area (Å²) < 4.78 is 1.73. The van der Waals surface area contributed by atoms with Crippen molar-refractivity contribution in [3.05, 3.63) is 46.6 Å². The summed E-state index contributed by atoms with van der Waals surface area (Å²) in [5.74, 6) is -0.897. The number of rotatable bonds is 2. The van der Waals surface area contributed by atoms with Crippen molar-refractivity contribution in [2.24, 2.45) is 7.05 Å². The number of carboxylic acid groups (broad SMARTS) is 1. The summed E-state index contributed by atoms with van der Waals surface area (Å²) in [5, 5.41) is 9.09. The monoisotopic (exact) mass is 243 g/mol. The van der Waals surface area contributed by atoms with E-state index in [1.807, 2.05) is 6.07 Å². The second kappa shape index (κ2) is 4.33. The van der Waals surface area contributed by atoms with E-state index in [1.54, 1.807) is 17.7 Å². The van der Waals surface area contributed by atoms with Crippen molar-refractivity contribution >= 4 is 5.97 Å². The molecule has 1 N–H and O–H groups in total. The van der Waals surface area contributed by atoms with Gasteiger partial charge in [-0.3, -0.25) is 0 Å². The van der Waals surface area contributed by atoms with Crippen LogP contribution in [-0.2, 0) is 7.05 Å². The molecular weight excluding hydrogens is 226 g/mol. The molecule has 1 aromatic heterocycles. The molecule has 0 spiro atoms. The van der Waals surface area contributed by atoms with E-state index in [2.05, 4.69) is 32.9 Å². The van der Waals surface area contributed by atoms with Gasteiger partial charge in [0.25, 0.3) is 0 Å². The first-order valence-corrected chi connectivity index (χ1v) is 5.89. The van der Waals surface area contributed by atoms with Crippen molar-refractivity contribution in [1.29, 1.82) is 0 Å². The van der Waals surface area contributed by atoms with Gasteiger partial charge in [-0.1, -0.05) is 17.7 Å². The van der Waals surface area contributed by atoms with Crippen LogP contribution in [0.4, 0.5) is 0 Å². The molecule has 0 atom stereocenters. The summed E-state index contributed by atoms with van der Waals surface area (Å²) in [4.78, 5) is 11.1. The number of aromatic carboxylic acids is 1. The fourth-order valence-electron chi connectivity index (χ4n) is 2.56. The fourth-order valence-corrected chi connectivity index (χ4v) is 2.56. The molecule has 3 nitrogen and oxygen atoms in total. The maximum absolute atomic E-state index is 11.1. The van der Waals surface area contributed by atoms with Crippen molar-refractivity contribution < 1.29 is 9.90 Å². The van der Waals surface area contributed by atoms with Crippen LogP contribution in [0.2, 0.25) is 0 Å². The van der Waals surface area contributed by atoms with E-state index in [0.717, 1.165) is 11.3 Å². The third kappa shape index (κ3) is 1.92. The van der Waals surface area contributed by atoms with Gasteiger partial charge in [-0.25, -0.2) is 4.79 Å². The summed E-state index contributed by atoms with van der Waals surface area (Å²) in [5.41, 5.74) is 5.94. The molecular formula is C15H17NO2. The molecule has 0 aliphatic heterocycles. The quantitative estimate of drug-likeness (QED) is 0.879. The van der Waals surface area contributed by atoms with Crippen LogP contribution in [0.25, 0.3) is 11.3 Å². The Morgan fingerprint density at radius 3 is 2.11 bits per heavy atom. The highest BCUT2D eigenvalue weighted by atomic mass is 16.4. The van der Waals surface area contributed by atoms with Gasteiger partial charge in [0.15, 0.2) is 0 Å². The standard InChI is InChI=1S/C15H17NO2/c1-9-7-10(2)14(11(3)8-9)12-5-6-13(15(17)18)16(12)4/h5-8H,1-4H3,(H,17,18). The van der Waals surface area contributed by atoms with Crippen molar-refractivity contribution in [2.75, 3.05) is 0 Å². The Balaban J connectivity index is 2.67. The zero-order chi connectivity index (χ0) is 13.4. The Labute approximate surface area is 107 Å². The highest BCUT2D eigenvalue weighted by Crippen LogP contribution is 2.29. The van der Waals surface area contributed by atoms with Crippen LogP contribution < -0.4 is 0 Å². The number of hydrogen-bond acceptors (Lipinski definition) is 1. The van der Waals surface area contributed by atoms with Gasteiger partial charge >= 0.3 is 5.97 Å². The largest absolute Gasteiger partial charge is 0.477 e. The molecule has 0 aliphatic rings. The van der Waals surface area contributed by atoms with Crippen LogP contribution in [0, 0.1) is 20.8 Å². The first-order chi connectivity index (χ1) is 8.41. The lowest BCUT2D eigenvalue weighted by molar-refractivity contribution is 0.0686. The minimum Gasteiger partial charge on any atom is -0.477 e. The summed E-state index contributed by atoms with van der Waals surface area (Å²) in [6, 6.07) is 7.76. The lowest BCUT2D eigenvalue weighted by Crippen LogP contribution is -2.06. The second-order valence-electron chi connectivity index (χ2n) is 4.74. The number of benzene rings is 1. The highest BCUT2D eigenvalue weighted by molar-refractivity contribution is 5.88. The Morgan fingerprint density at radius 2 is 1.67 bits per heavy atom. The lowest BCUT2D eigenvalue weighted by atomic mass is 9.97. The number of aryl methyl sites for hydroxylation is 3. The van der Waals surface area contributed by atoms with Crippen molar-refractivity contribution in [3.63, 3.8) is 0 Å². The molecule has 2 aromatic rings. The lowest BCUT2D eigenvalue weighted by Gasteiger charge is -2.13. The Morgan fingerprint density at radius 1 is 1.11 bits per heavy atom. The van der Waals surface area contributed by atoms with E-state index < -0.39 is 5.97 Å². The van der Waals surface area contributed by atoms with E-state index >= 15 is 0 Å². The zero-order valence-corrected chi connectivity index (χ0v) is 11.1. The SMILES string of the molecule is Cc1cc(C)c(-c2ccc(C(=O)O)n2C)c(C)c1. The first-order valence-electron chi connectivity index (χ1n) is 5.89. The van der Waals surface area contributed by atoms with Crippen LogP contribution in [0.3, 0.4) is 0 Å². The van der Waals surface area contributed by atoms with Crippen molar-refractivity contribution in [2.45, 2.75) is 20.8 Å². The smallest absolute Gasteiger partial charge is 0.352 e. The molecule has 3 heteroatoms. The molecule has 0 unspecified atom stereocenters. The van der Waals surface area contributed by atoms with E-state index in [4.69, 9.17) is 5.11 Å². The molecule has 18 heavy (non-hydrogen) atoms. The predicted molar refractivity (Wildman–Crippen MR) is 72.0 cm³/mol. The highest BCUT2D eigenvalue weighted by Gasteiger charge is 2.15. The van der Waals surface area contributed by atoms with Crippen molar-refractivity contribution in [3.8, 4) is 11.3 Å². The number of carbonyl (C=O) groups is 1. The Hall–Kier alpha value is -2.03. The minimum absolute atomic E-state index is 0.310. The van der Waals surface area contributed by atoms with Crippen LogP contribution in [-0.4, -0.2) is 15.6 Å². The number of carboxylic acids is 1. The van der Waals surface area contributed by atoms with Gasteiger partial charge in [0.2, 0.25) is 0 Å². The average molecular weight is 243 g/mol. The molecule has 94 valence electrons. The van der Waals surface area contributed by atoms with E-state index in [1.165, 1.54) is 16.7 Å². The average Bonchev–Trinajstić information content (AvgIpc) is 2.59. The van der Waals surface area contributed by atoms with Gasteiger partial charge in [-0.15, -0.1) is 0 Å². The third-order valence-corrected chi connectivity index (χ3v) is 3.27. The number of nitrogens with zero attached hydrogens (tertiary/aromatic N) is 1. The van der Waals surface area contributed by atoms with Crippen LogP contribution >= 0.6 is 0 Å². The second-order valence-corrected chi connectivity index (χ2v) is 4.74. The van der Waals surface area contributed by atoms with E-state index in [0.29, 0.717) is 5.69 Å². The molecule has 1 heterocycles. The topological polar surface area (TPSA) is 42.2 Å². The number of aromatic nitrogens is 1. The molecule has 0 fully saturated rings. The van der Waals surface area contributed by atoms with Crippen LogP contribution in [0.5, 0.6) is 0 Å². The summed E-state index contributed by atoms with van der Waals surface area (Å²) in [6.07, 6.45) is 0. The third-order valence-electron chi connectivity index (χ3n) is 3.27. The summed E-state index contributed by atoms with van der Waals surface area (Å²) in [7, 11) is 1.79. The normalized spacial score (nSPS) is 10.7. The summed E-state index contributed by atoms with van der Waals surface area (Å²) >= 11 is 0. The molecule has 0 saturated carbocycles. The van der Waals surface area contributed by atoms with Gasteiger partial charge in [0, 0.05) is 18.3 Å². The van der Waals surface area contributed by atoms with Gasteiger partial charge in [-0.2, -0.15) is 0 Å². The van der Waals surface area contributed by atoms with Crippen molar-refractivity contribution in [1.82, 2.24) is 4.57 Å². The van der Waals surface area contributed by atoms with Gasteiger partial charge in [-0.05, 0) is 44.0 Å². The van der Waals surface area contributed by atoms with Gasteiger partial charge in [0.1, 0.15) is 5.69 Å². The molecule has 1 aromatic carbocycles. The van der Waals surface area contributed by atoms with E-state index in [9.17, 15) is 4.79 Å². The predicted octanol–water partition coefficient (Wildman–Crippen LogP) is 3.32. The molecule has 0 amide bonds. The fraction of sp³-hybridized carbons (Fsp3) is 0.267. The number of hydrogen-bond donors (Lipinski definition) is 1. The molecule has 0 saturated heterocycles. The summed E-state index contributed by atoms with van der Waals surface area (Å²) in [6.45, 7) is 6.18. The Kier molecular flexibility index (Phi) is 2.99. The maximum Gasteiger partial charge on any atom is 0.352 e. The van der Waals surface area contributed by atoms with Crippen LogP contribution in [0.1, 0.15) is 27.2 Å². The Bertz CT molecular complexity index is 600. The molecule has 0 bridgehead atoms. The van der Waals surface area contributed by atoms with Crippen LogP contribution in [0.15, 0.2) is 24.3 Å². The molecule has 0 radical (unpaired) electrons.